The molecule has 6 nitrogen and oxygen atoms in total. The first-order valence-electron chi connectivity index (χ1n) is 7.37. The van der Waals surface area contributed by atoms with E-state index < -0.39 is 5.60 Å². The molecule has 1 saturated heterocycles. The van der Waals surface area contributed by atoms with Crippen LogP contribution in [0, 0.1) is 5.92 Å². The molecule has 1 amide bonds. The van der Waals surface area contributed by atoms with Crippen molar-refractivity contribution in [3.05, 3.63) is 24.3 Å². The Hall–Kier alpha value is -1.69. The Morgan fingerprint density at radius 3 is 2.95 bits per heavy atom. The van der Waals surface area contributed by atoms with E-state index in [1.807, 2.05) is 20.8 Å². The fraction of sp³-hybridized carbons (Fsp3) is 0.667. The maximum Gasteiger partial charge on any atom is 0.410 e. The Morgan fingerprint density at radius 2 is 2.29 bits per heavy atom. The highest BCUT2D eigenvalue weighted by atomic mass is 16.6. The van der Waals surface area contributed by atoms with Gasteiger partial charge in [0.15, 0.2) is 0 Å². The standard InChI is InChI=1S/C15H24N4O2/c1-15(2,3)21-14(20)19-7-4-12(11-19)8-17-10-13-9-16-5-6-18-13/h5-6,9,12,17H,4,7-8,10-11H2,1-3H3/t12-/m0/s1. The van der Waals surface area contributed by atoms with Crippen LogP contribution in [0.1, 0.15) is 32.9 Å². The Kier molecular flexibility index (Phi) is 5.12. The summed E-state index contributed by atoms with van der Waals surface area (Å²) in [5.41, 5.74) is 0.499. The van der Waals surface area contributed by atoms with Gasteiger partial charge in [-0.1, -0.05) is 0 Å². The zero-order chi connectivity index (χ0) is 15.3. The molecule has 0 radical (unpaired) electrons. The van der Waals surface area contributed by atoms with Crippen molar-refractivity contribution in [2.75, 3.05) is 19.6 Å². The number of carbonyl (C=O) groups is 1. The maximum absolute atomic E-state index is 12.0. The van der Waals surface area contributed by atoms with E-state index in [0.29, 0.717) is 12.5 Å². The molecule has 1 aliphatic heterocycles. The molecule has 0 saturated carbocycles. The molecule has 1 aromatic rings. The predicted octanol–water partition coefficient (Wildman–Crippen LogP) is 1.82. The minimum absolute atomic E-state index is 0.209. The number of nitrogens with zero attached hydrogens (tertiary/aromatic N) is 3. The van der Waals surface area contributed by atoms with Crippen LogP contribution < -0.4 is 5.32 Å². The summed E-state index contributed by atoms with van der Waals surface area (Å²) in [4.78, 5) is 22.0. The van der Waals surface area contributed by atoms with Gasteiger partial charge >= 0.3 is 6.09 Å². The lowest BCUT2D eigenvalue weighted by Crippen LogP contribution is -2.36. The summed E-state index contributed by atoms with van der Waals surface area (Å²) < 4.78 is 5.39. The van der Waals surface area contributed by atoms with E-state index in [1.165, 1.54) is 0 Å². The van der Waals surface area contributed by atoms with Crippen LogP contribution in [0.4, 0.5) is 4.79 Å². The van der Waals surface area contributed by atoms with Crippen LogP contribution in [0.15, 0.2) is 18.6 Å². The second kappa shape index (κ2) is 6.85. The lowest BCUT2D eigenvalue weighted by molar-refractivity contribution is 0.0288. The molecule has 1 N–H and O–H groups in total. The first kappa shape index (κ1) is 15.7. The Labute approximate surface area is 125 Å². The number of hydrogen-bond acceptors (Lipinski definition) is 5. The monoisotopic (exact) mass is 292 g/mol. The van der Waals surface area contributed by atoms with Gasteiger partial charge in [-0.25, -0.2) is 4.79 Å². The SMILES string of the molecule is CC(C)(C)OC(=O)N1CC[C@@H](CNCc2cnccn2)C1. The number of hydrogen-bond donors (Lipinski definition) is 1. The van der Waals surface area contributed by atoms with Gasteiger partial charge in [0.2, 0.25) is 0 Å². The largest absolute Gasteiger partial charge is 0.444 e. The molecule has 1 aliphatic rings. The summed E-state index contributed by atoms with van der Waals surface area (Å²) >= 11 is 0. The van der Waals surface area contributed by atoms with Crippen LogP contribution in [-0.4, -0.2) is 46.2 Å². The van der Waals surface area contributed by atoms with Gasteiger partial charge in [-0.3, -0.25) is 9.97 Å². The number of carbonyl (C=O) groups excluding carboxylic acids is 1. The lowest BCUT2D eigenvalue weighted by atomic mass is 10.1. The topological polar surface area (TPSA) is 67.3 Å². The van der Waals surface area contributed by atoms with Gasteiger partial charge in [-0.2, -0.15) is 0 Å². The van der Waals surface area contributed by atoms with Gasteiger partial charge in [0.25, 0.3) is 0 Å². The predicted molar refractivity (Wildman–Crippen MR) is 79.7 cm³/mol. The fourth-order valence-electron chi connectivity index (χ4n) is 2.32. The molecule has 1 atom stereocenters. The van der Waals surface area contributed by atoms with Gasteiger partial charge in [0.1, 0.15) is 5.60 Å². The van der Waals surface area contributed by atoms with E-state index in [-0.39, 0.29) is 6.09 Å². The number of amides is 1. The van der Waals surface area contributed by atoms with E-state index in [0.717, 1.165) is 31.7 Å². The van der Waals surface area contributed by atoms with Crippen molar-refractivity contribution >= 4 is 6.09 Å². The molecule has 116 valence electrons. The first-order valence-corrected chi connectivity index (χ1v) is 7.37. The molecule has 1 fully saturated rings. The number of aromatic nitrogens is 2. The third-order valence-corrected chi connectivity index (χ3v) is 3.29. The molecular formula is C15H24N4O2. The summed E-state index contributed by atoms with van der Waals surface area (Å²) in [6.07, 6.45) is 5.91. The normalized spacial score (nSPS) is 18.8. The average molecular weight is 292 g/mol. The van der Waals surface area contributed by atoms with E-state index in [2.05, 4.69) is 15.3 Å². The Morgan fingerprint density at radius 1 is 1.48 bits per heavy atom. The third kappa shape index (κ3) is 5.30. The van der Waals surface area contributed by atoms with Crippen molar-refractivity contribution in [2.45, 2.75) is 39.3 Å². The highest BCUT2D eigenvalue weighted by Gasteiger charge is 2.29. The van der Waals surface area contributed by atoms with Crippen LogP contribution in [0.3, 0.4) is 0 Å². The molecular weight excluding hydrogens is 268 g/mol. The number of rotatable bonds is 4. The van der Waals surface area contributed by atoms with Crippen molar-refractivity contribution in [3.8, 4) is 0 Å². The van der Waals surface area contributed by atoms with Crippen LogP contribution >= 0.6 is 0 Å². The smallest absolute Gasteiger partial charge is 0.410 e. The Balaban J connectivity index is 1.69. The number of likely N-dealkylation sites (tertiary alicyclic amines) is 1. The van der Waals surface area contributed by atoms with E-state index in [1.54, 1.807) is 23.5 Å². The Bertz CT molecular complexity index is 458. The molecule has 2 heterocycles. The molecule has 0 aliphatic carbocycles. The summed E-state index contributed by atoms with van der Waals surface area (Å²) in [7, 11) is 0. The van der Waals surface area contributed by atoms with Crippen LogP contribution in [0.2, 0.25) is 0 Å². The molecule has 1 aromatic heterocycles. The highest BCUT2D eigenvalue weighted by Crippen LogP contribution is 2.18. The van der Waals surface area contributed by atoms with Crippen molar-refractivity contribution in [1.82, 2.24) is 20.2 Å². The fourth-order valence-corrected chi connectivity index (χ4v) is 2.32. The minimum atomic E-state index is -0.431. The molecule has 21 heavy (non-hydrogen) atoms. The molecule has 2 rings (SSSR count). The van der Waals surface area contributed by atoms with Gasteiger partial charge in [0, 0.05) is 44.8 Å². The molecule has 0 bridgehead atoms. The second-order valence-electron chi connectivity index (χ2n) is 6.41. The van der Waals surface area contributed by atoms with Crippen molar-refractivity contribution in [3.63, 3.8) is 0 Å². The van der Waals surface area contributed by atoms with E-state index in [4.69, 9.17) is 4.74 Å². The van der Waals surface area contributed by atoms with Crippen molar-refractivity contribution in [1.29, 1.82) is 0 Å². The zero-order valence-electron chi connectivity index (χ0n) is 13.0. The number of nitrogens with one attached hydrogen (secondary N) is 1. The van der Waals surface area contributed by atoms with Crippen molar-refractivity contribution in [2.24, 2.45) is 5.92 Å². The minimum Gasteiger partial charge on any atom is -0.444 e. The zero-order valence-corrected chi connectivity index (χ0v) is 13.0. The van der Waals surface area contributed by atoms with Gasteiger partial charge in [-0.15, -0.1) is 0 Å². The molecule has 0 spiro atoms. The van der Waals surface area contributed by atoms with Gasteiger partial charge < -0.3 is 15.0 Å². The summed E-state index contributed by atoms with van der Waals surface area (Å²) in [6.45, 7) is 8.77. The van der Waals surface area contributed by atoms with Gasteiger partial charge in [-0.05, 0) is 33.1 Å². The quantitative estimate of drug-likeness (QED) is 0.917. The van der Waals surface area contributed by atoms with Crippen LogP contribution in [0.25, 0.3) is 0 Å². The third-order valence-electron chi connectivity index (χ3n) is 3.29. The lowest BCUT2D eigenvalue weighted by Gasteiger charge is -2.24. The van der Waals surface area contributed by atoms with Crippen LogP contribution in [0.5, 0.6) is 0 Å². The summed E-state index contributed by atoms with van der Waals surface area (Å²) in [5.74, 6) is 0.467. The van der Waals surface area contributed by atoms with Crippen LogP contribution in [-0.2, 0) is 11.3 Å². The highest BCUT2D eigenvalue weighted by molar-refractivity contribution is 5.68. The molecule has 0 aromatic carbocycles. The second-order valence-corrected chi connectivity index (χ2v) is 6.41. The number of ether oxygens (including phenoxy) is 1. The summed E-state index contributed by atoms with van der Waals surface area (Å²) in [6, 6.07) is 0. The van der Waals surface area contributed by atoms with Gasteiger partial charge in [0.05, 0.1) is 5.69 Å². The average Bonchev–Trinajstić information content (AvgIpc) is 2.87. The van der Waals surface area contributed by atoms with Crippen molar-refractivity contribution < 1.29 is 9.53 Å². The molecule has 0 unspecified atom stereocenters. The van der Waals surface area contributed by atoms with E-state index in [9.17, 15) is 4.79 Å². The molecule has 6 heteroatoms. The summed E-state index contributed by atoms with van der Waals surface area (Å²) in [5, 5.41) is 3.37. The first-order chi connectivity index (χ1) is 9.94. The van der Waals surface area contributed by atoms with E-state index >= 15 is 0 Å². The maximum atomic E-state index is 12.0.